The Hall–Kier alpha value is -1.69. The van der Waals surface area contributed by atoms with Gasteiger partial charge in [-0.2, -0.15) is 4.31 Å². The van der Waals surface area contributed by atoms with Crippen molar-refractivity contribution < 1.29 is 13.2 Å². The van der Waals surface area contributed by atoms with E-state index in [1.165, 1.54) is 29.3 Å². The second kappa shape index (κ2) is 10.7. The first-order valence-electron chi connectivity index (χ1n) is 12.0. The largest absolute Gasteiger partial charge is 0.377 e. The Morgan fingerprint density at radius 1 is 0.886 bits per heavy atom. The molecule has 190 valence electrons. The average molecular weight is 542 g/mol. The van der Waals surface area contributed by atoms with Gasteiger partial charge in [0.25, 0.3) is 0 Å². The van der Waals surface area contributed by atoms with Crippen LogP contribution in [0, 0.1) is 0 Å². The Kier molecular flexibility index (Phi) is 7.66. The molecule has 2 aromatic rings. The Bertz CT molecular complexity index is 1110. The molecule has 0 aliphatic carbocycles. The first kappa shape index (κ1) is 25.0. The van der Waals surface area contributed by atoms with Gasteiger partial charge in [-0.05, 0) is 43.2 Å². The number of anilines is 2. The molecule has 0 saturated carbocycles. The number of sulfonamides is 1. The van der Waals surface area contributed by atoms with Crippen LogP contribution in [0.5, 0.6) is 0 Å². The maximum Gasteiger partial charge on any atom is 0.244 e. The summed E-state index contributed by atoms with van der Waals surface area (Å²) in [6.45, 7) is 7.46. The van der Waals surface area contributed by atoms with Gasteiger partial charge in [-0.15, -0.1) is 10.2 Å². The maximum absolute atomic E-state index is 13.1. The zero-order valence-corrected chi connectivity index (χ0v) is 21.8. The lowest BCUT2D eigenvalue weighted by atomic mass is 10.2. The third kappa shape index (κ3) is 5.68. The molecule has 1 aromatic carbocycles. The van der Waals surface area contributed by atoms with Gasteiger partial charge < -0.3 is 14.5 Å². The van der Waals surface area contributed by atoms with Crippen LogP contribution in [-0.2, 0) is 14.8 Å². The molecule has 0 N–H and O–H groups in total. The fourth-order valence-corrected chi connectivity index (χ4v) is 7.02. The third-order valence-electron chi connectivity index (χ3n) is 6.89. The number of benzene rings is 1. The van der Waals surface area contributed by atoms with Crippen molar-refractivity contribution in [3.8, 4) is 0 Å². The lowest BCUT2D eigenvalue weighted by molar-refractivity contribution is 0.0712. The molecule has 3 saturated heterocycles. The van der Waals surface area contributed by atoms with Gasteiger partial charge in [0.15, 0.2) is 11.6 Å². The Morgan fingerprint density at radius 3 is 2.09 bits per heavy atom. The van der Waals surface area contributed by atoms with Gasteiger partial charge in [0.1, 0.15) is 4.90 Å². The van der Waals surface area contributed by atoms with Crippen LogP contribution in [0.2, 0.25) is 10.0 Å². The van der Waals surface area contributed by atoms with E-state index < -0.39 is 10.0 Å². The lowest BCUT2D eigenvalue weighted by Gasteiger charge is -2.36. The number of nitrogens with zero attached hydrogens (tertiary/aromatic N) is 6. The zero-order valence-electron chi connectivity index (χ0n) is 19.5. The normalized spacial score (nSPS) is 22.6. The molecule has 3 aliphatic rings. The average Bonchev–Trinajstić information content (AvgIpc) is 3.39. The number of aromatic nitrogens is 2. The van der Waals surface area contributed by atoms with Crippen molar-refractivity contribution in [1.29, 1.82) is 0 Å². The summed E-state index contributed by atoms with van der Waals surface area (Å²) in [4.78, 5) is 6.84. The molecule has 5 rings (SSSR count). The maximum atomic E-state index is 13.1. The van der Waals surface area contributed by atoms with Crippen LogP contribution >= 0.6 is 23.2 Å². The molecular weight excluding hydrogens is 511 g/mol. The van der Waals surface area contributed by atoms with Crippen molar-refractivity contribution in [3.63, 3.8) is 0 Å². The van der Waals surface area contributed by atoms with Gasteiger partial charge in [-0.25, -0.2) is 8.42 Å². The molecule has 3 fully saturated rings. The number of piperazine rings is 2. The molecule has 1 unspecified atom stereocenters. The number of halogens is 2. The summed E-state index contributed by atoms with van der Waals surface area (Å²) in [5.41, 5.74) is 0. The van der Waals surface area contributed by atoms with Crippen LogP contribution in [0.3, 0.4) is 0 Å². The molecule has 0 radical (unpaired) electrons. The summed E-state index contributed by atoms with van der Waals surface area (Å²) in [5, 5.41) is 9.43. The smallest absolute Gasteiger partial charge is 0.244 e. The standard InChI is InChI=1S/C23H30Cl2N6O3S/c24-18-3-4-20(25)21(16-18)35(32,33)31-13-11-30(12-14-31)23-6-5-22(26-27-23)29-9-7-28(8-10-29)17-19-2-1-15-34-19/h3-6,16,19H,1-2,7-15,17H2. The van der Waals surface area contributed by atoms with E-state index >= 15 is 0 Å². The minimum Gasteiger partial charge on any atom is -0.377 e. The van der Waals surface area contributed by atoms with E-state index in [4.69, 9.17) is 27.9 Å². The molecule has 4 heterocycles. The molecular formula is C23H30Cl2N6O3S. The molecule has 12 heteroatoms. The van der Waals surface area contributed by atoms with E-state index in [0.29, 0.717) is 37.3 Å². The van der Waals surface area contributed by atoms with E-state index in [1.807, 2.05) is 12.1 Å². The van der Waals surface area contributed by atoms with Crippen molar-refractivity contribution in [2.75, 3.05) is 75.3 Å². The molecule has 0 amide bonds. The van der Waals surface area contributed by atoms with Gasteiger partial charge in [0, 0.05) is 70.5 Å². The van der Waals surface area contributed by atoms with E-state index in [1.54, 1.807) is 6.07 Å². The predicted octanol–water partition coefficient (Wildman–Crippen LogP) is 2.60. The Balaban J connectivity index is 1.14. The van der Waals surface area contributed by atoms with Crippen LogP contribution in [0.15, 0.2) is 35.2 Å². The second-order valence-corrected chi connectivity index (χ2v) is 11.9. The van der Waals surface area contributed by atoms with Crippen LogP contribution < -0.4 is 9.80 Å². The van der Waals surface area contributed by atoms with E-state index in [0.717, 1.165) is 51.0 Å². The molecule has 9 nitrogen and oxygen atoms in total. The molecule has 35 heavy (non-hydrogen) atoms. The predicted molar refractivity (Wildman–Crippen MR) is 137 cm³/mol. The Labute approximate surface area is 216 Å². The summed E-state index contributed by atoms with van der Waals surface area (Å²) < 4.78 is 33.3. The molecule has 1 atom stereocenters. The quantitative estimate of drug-likeness (QED) is 0.552. The molecule has 3 aliphatic heterocycles. The van der Waals surface area contributed by atoms with Gasteiger partial charge >= 0.3 is 0 Å². The number of hydrogen-bond acceptors (Lipinski definition) is 8. The zero-order chi connectivity index (χ0) is 24.4. The molecule has 1 aromatic heterocycles. The highest BCUT2D eigenvalue weighted by Gasteiger charge is 2.31. The number of ether oxygens (including phenoxy) is 1. The summed E-state index contributed by atoms with van der Waals surface area (Å²) in [7, 11) is -3.72. The van der Waals surface area contributed by atoms with Crippen molar-refractivity contribution >= 4 is 44.9 Å². The minimum atomic E-state index is -3.72. The van der Waals surface area contributed by atoms with Crippen LogP contribution in [0.4, 0.5) is 11.6 Å². The highest BCUT2D eigenvalue weighted by molar-refractivity contribution is 7.89. The second-order valence-electron chi connectivity index (χ2n) is 9.14. The fourth-order valence-electron chi connectivity index (χ4n) is 4.86. The number of hydrogen-bond donors (Lipinski definition) is 0. The SMILES string of the molecule is O=S(=O)(c1cc(Cl)ccc1Cl)N1CCN(c2ccc(N3CCN(CC4CCCO4)CC3)nn2)CC1. The summed E-state index contributed by atoms with van der Waals surface area (Å²) in [6.07, 6.45) is 2.73. The van der Waals surface area contributed by atoms with Gasteiger partial charge in [0.2, 0.25) is 10.0 Å². The fraction of sp³-hybridized carbons (Fsp3) is 0.565. The Morgan fingerprint density at radius 2 is 1.51 bits per heavy atom. The first-order valence-corrected chi connectivity index (χ1v) is 14.2. The third-order valence-corrected chi connectivity index (χ3v) is 9.51. The van der Waals surface area contributed by atoms with Crippen molar-refractivity contribution in [2.24, 2.45) is 0 Å². The lowest BCUT2D eigenvalue weighted by Crippen LogP contribution is -2.49. The van der Waals surface area contributed by atoms with Crippen molar-refractivity contribution in [2.45, 2.75) is 23.8 Å². The van der Waals surface area contributed by atoms with E-state index in [2.05, 4.69) is 24.9 Å². The molecule has 0 spiro atoms. The monoisotopic (exact) mass is 540 g/mol. The number of rotatable bonds is 6. The van der Waals surface area contributed by atoms with Crippen LogP contribution in [-0.4, -0.2) is 99.4 Å². The topological polar surface area (TPSA) is 82.1 Å². The van der Waals surface area contributed by atoms with Gasteiger partial charge in [0.05, 0.1) is 11.1 Å². The summed E-state index contributed by atoms with van der Waals surface area (Å²) in [6, 6.07) is 8.47. The summed E-state index contributed by atoms with van der Waals surface area (Å²) in [5.74, 6) is 1.63. The summed E-state index contributed by atoms with van der Waals surface area (Å²) >= 11 is 12.1. The minimum absolute atomic E-state index is 0.0418. The van der Waals surface area contributed by atoms with E-state index in [9.17, 15) is 8.42 Å². The van der Waals surface area contributed by atoms with Gasteiger partial charge in [-0.1, -0.05) is 23.2 Å². The highest BCUT2D eigenvalue weighted by atomic mass is 35.5. The van der Waals surface area contributed by atoms with Crippen molar-refractivity contribution in [3.05, 3.63) is 40.4 Å². The van der Waals surface area contributed by atoms with E-state index in [-0.39, 0.29) is 9.92 Å². The van der Waals surface area contributed by atoms with Crippen LogP contribution in [0.25, 0.3) is 0 Å². The first-order chi connectivity index (χ1) is 16.9. The molecule has 0 bridgehead atoms. The highest BCUT2D eigenvalue weighted by Crippen LogP contribution is 2.29. The van der Waals surface area contributed by atoms with Gasteiger partial charge in [-0.3, -0.25) is 4.90 Å². The van der Waals surface area contributed by atoms with Crippen LogP contribution in [0.1, 0.15) is 12.8 Å². The van der Waals surface area contributed by atoms with Crippen molar-refractivity contribution in [1.82, 2.24) is 19.4 Å².